The van der Waals surface area contributed by atoms with Crippen molar-refractivity contribution in [3.05, 3.63) is 28.5 Å². The normalized spacial score (nSPS) is 27.2. The van der Waals surface area contributed by atoms with E-state index in [1.54, 1.807) is 18.5 Å². The van der Waals surface area contributed by atoms with Gasteiger partial charge in [0.1, 0.15) is 0 Å². The lowest BCUT2D eigenvalue weighted by atomic mass is 9.92. The number of hydrogen-bond acceptors (Lipinski definition) is 3. The number of carbonyl (C=O) groups is 1. The quantitative estimate of drug-likeness (QED) is 0.852. The fraction of sp³-hybridized carbons (Fsp3) is 0.500. The molecule has 3 aliphatic rings. The lowest BCUT2D eigenvalue weighted by Gasteiger charge is -2.46. The minimum absolute atomic E-state index is 0.121. The van der Waals surface area contributed by atoms with Crippen LogP contribution in [0.2, 0.25) is 0 Å². The second-order valence-electron chi connectivity index (χ2n) is 4.65. The molecule has 5 heteroatoms. The Balaban J connectivity index is 1.85. The molecule has 4 heterocycles. The van der Waals surface area contributed by atoms with E-state index < -0.39 is 0 Å². The van der Waals surface area contributed by atoms with Crippen molar-refractivity contribution >= 4 is 21.8 Å². The van der Waals surface area contributed by atoms with Crippen LogP contribution < -0.4 is 5.32 Å². The number of amides is 1. The lowest BCUT2D eigenvalue weighted by Crippen LogP contribution is -2.62. The molecule has 1 aromatic heterocycles. The molecule has 3 saturated heterocycles. The fourth-order valence-corrected chi connectivity index (χ4v) is 3.08. The van der Waals surface area contributed by atoms with Crippen LogP contribution in [0.25, 0.3) is 0 Å². The van der Waals surface area contributed by atoms with Gasteiger partial charge in [-0.1, -0.05) is 0 Å². The number of aromatic nitrogens is 1. The van der Waals surface area contributed by atoms with Crippen LogP contribution in [0.5, 0.6) is 0 Å². The molecule has 0 radical (unpaired) electrons. The minimum atomic E-state index is 0.121. The molecule has 2 bridgehead atoms. The summed E-state index contributed by atoms with van der Waals surface area (Å²) < 4.78 is 0.777. The number of halogens is 1. The molecule has 4 rings (SSSR count). The predicted molar refractivity (Wildman–Crippen MR) is 67.8 cm³/mol. The Morgan fingerprint density at radius 2 is 2.41 bits per heavy atom. The van der Waals surface area contributed by atoms with E-state index in [0.717, 1.165) is 24.0 Å². The zero-order chi connectivity index (χ0) is 11.8. The average Bonchev–Trinajstić information content (AvgIpc) is 2.40. The van der Waals surface area contributed by atoms with Gasteiger partial charge in [0, 0.05) is 42.0 Å². The van der Waals surface area contributed by atoms with Crippen LogP contribution in [0.3, 0.4) is 0 Å². The molecule has 0 aromatic carbocycles. The van der Waals surface area contributed by atoms with Gasteiger partial charge in [-0.25, -0.2) is 0 Å². The van der Waals surface area contributed by atoms with Crippen molar-refractivity contribution in [1.29, 1.82) is 0 Å². The van der Waals surface area contributed by atoms with Gasteiger partial charge in [0.15, 0.2) is 0 Å². The van der Waals surface area contributed by atoms with Gasteiger partial charge >= 0.3 is 0 Å². The number of pyridine rings is 1. The van der Waals surface area contributed by atoms with E-state index >= 15 is 0 Å². The van der Waals surface area contributed by atoms with Crippen molar-refractivity contribution in [3.63, 3.8) is 0 Å². The van der Waals surface area contributed by atoms with E-state index in [2.05, 4.69) is 26.2 Å². The van der Waals surface area contributed by atoms with Gasteiger partial charge < -0.3 is 10.2 Å². The Labute approximate surface area is 109 Å². The van der Waals surface area contributed by atoms with Crippen LogP contribution in [0.1, 0.15) is 23.2 Å². The first-order valence-electron chi connectivity index (χ1n) is 5.89. The first-order valence-corrected chi connectivity index (χ1v) is 6.69. The Morgan fingerprint density at radius 3 is 3.00 bits per heavy atom. The number of carbonyl (C=O) groups excluding carboxylic acids is 1. The topological polar surface area (TPSA) is 45.2 Å². The Hall–Kier alpha value is -0.940. The van der Waals surface area contributed by atoms with Gasteiger partial charge in [-0.15, -0.1) is 0 Å². The average molecular weight is 296 g/mol. The Bertz CT molecular complexity index is 443. The summed E-state index contributed by atoms with van der Waals surface area (Å²) in [6.45, 7) is 1.76. The van der Waals surface area contributed by atoms with Crippen molar-refractivity contribution < 1.29 is 4.79 Å². The lowest BCUT2D eigenvalue weighted by molar-refractivity contribution is 0.0440. The number of fused-ring (bicyclic) bond motifs is 3. The van der Waals surface area contributed by atoms with Crippen LogP contribution in [0.4, 0.5) is 0 Å². The third-order valence-corrected chi connectivity index (χ3v) is 4.24. The molecule has 90 valence electrons. The van der Waals surface area contributed by atoms with Crippen LogP contribution in [-0.2, 0) is 0 Å². The van der Waals surface area contributed by atoms with E-state index in [9.17, 15) is 4.79 Å². The molecule has 1 aromatic rings. The summed E-state index contributed by atoms with van der Waals surface area (Å²) in [4.78, 5) is 18.4. The number of piperidine rings is 2. The van der Waals surface area contributed by atoms with E-state index in [1.165, 1.54) is 6.42 Å². The van der Waals surface area contributed by atoms with Crippen LogP contribution in [-0.4, -0.2) is 41.0 Å². The van der Waals surface area contributed by atoms with Crippen LogP contribution in [0.15, 0.2) is 22.9 Å². The summed E-state index contributed by atoms with van der Waals surface area (Å²) in [5.74, 6) is 0.121. The van der Waals surface area contributed by atoms with Gasteiger partial charge in [0.05, 0.1) is 5.56 Å². The highest BCUT2D eigenvalue weighted by Gasteiger charge is 2.36. The van der Waals surface area contributed by atoms with E-state index in [-0.39, 0.29) is 5.91 Å². The predicted octanol–water partition coefficient (Wildman–Crippen LogP) is 1.42. The summed E-state index contributed by atoms with van der Waals surface area (Å²) in [5.41, 5.74) is 0.715. The summed E-state index contributed by atoms with van der Waals surface area (Å²) in [7, 11) is 0. The molecule has 0 saturated carbocycles. The first-order chi connectivity index (χ1) is 8.25. The molecule has 17 heavy (non-hydrogen) atoms. The zero-order valence-electron chi connectivity index (χ0n) is 9.40. The van der Waals surface area contributed by atoms with Crippen molar-refractivity contribution in [3.8, 4) is 0 Å². The Morgan fingerprint density at radius 1 is 1.53 bits per heavy atom. The van der Waals surface area contributed by atoms with Crippen molar-refractivity contribution in [1.82, 2.24) is 15.2 Å². The molecule has 4 nitrogen and oxygen atoms in total. The summed E-state index contributed by atoms with van der Waals surface area (Å²) >= 11 is 3.39. The van der Waals surface area contributed by atoms with Gasteiger partial charge in [-0.05, 0) is 34.8 Å². The minimum Gasteiger partial charge on any atom is -0.333 e. The van der Waals surface area contributed by atoms with E-state index in [1.807, 2.05) is 4.90 Å². The largest absolute Gasteiger partial charge is 0.333 e. The third kappa shape index (κ3) is 1.98. The maximum atomic E-state index is 12.5. The maximum Gasteiger partial charge on any atom is 0.255 e. The van der Waals surface area contributed by atoms with Gasteiger partial charge in [-0.2, -0.15) is 0 Å². The summed E-state index contributed by atoms with van der Waals surface area (Å²) in [6.07, 6.45) is 5.64. The van der Waals surface area contributed by atoms with Gasteiger partial charge in [0.2, 0.25) is 0 Å². The molecule has 0 aliphatic carbocycles. The monoisotopic (exact) mass is 295 g/mol. The van der Waals surface area contributed by atoms with Crippen LogP contribution >= 0.6 is 15.9 Å². The third-order valence-electron chi connectivity index (χ3n) is 3.61. The number of nitrogens with one attached hydrogen (secondary N) is 1. The van der Waals surface area contributed by atoms with Crippen LogP contribution in [0, 0.1) is 0 Å². The highest BCUT2D eigenvalue weighted by molar-refractivity contribution is 9.10. The molecule has 0 spiro atoms. The van der Waals surface area contributed by atoms with Crippen molar-refractivity contribution in [2.75, 3.05) is 13.1 Å². The number of piperazine rings is 1. The van der Waals surface area contributed by atoms with Crippen molar-refractivity contribution in [2.24, 2.45) is 0 Å². The number of rotatable bonds is 1. The molecule has 1 N–H and O–H groups in total. The summed E-state index contributed by atoms with van der Waals surface area (Å²) in [6, 6.07) is 2.61. The molecule has 3 aliphatic heterocycles. The summed E-state index contributed by atoms with van der Waals surface area (Å²) in [5, 5.41) is 3.45. The first kappa shape index (κ1) is 11.2. The standard InChI is InChI=1S/C12H14BrN3O/c13-11-6-14-4-3-10(11)12(17)16-7-8-1-2-9(16)5-15-8/h3-4,6,8-9,15H,1-2,5,7H2. The highest BCUT2D eigenvalue weighted by Crippen LogP contribution is 2.25. The maximum absolute atomic E-state index is 12.5. The molecular weight excluding hydrogens is 282 g/mol. The fourth-order valence-electron chi connectivity index (χ4n) is 2.66. The van der Waals surface area contributed by atoms with E-state index in [0.29, 0.717) is 17.6 Å². The second kappa shape index (κ2) is 4.38. The molecule has 1 amide bonds. The number of nitrogens with zero attached hydrogens (tertiary/aromatic N) is 2. The van der Waals surface area contributed by atoms with Gasteiger partial charge in [0.25, 0.3) is 5.91 Å². The molecular formula is C12H14BrN3O. The number of hydrogen-bond donors (Lipinski definition) is 1. The molecule has 2 atom stereocenters. The Kier molecular flexibility index (Phi) is 2.88. The van der Waals surface area contributed by atoms with Gasteiger partial charge in [-0.3, -0.25) is 9.78 Å². The molecule has 2 unspecified atom stereocenters. The SMILES string of the molecule is O=C(c1ccncc1Br)N1CC2CCC1CN2. The second-order valence-corrected chi connectivity index (χ2v) is 5.50. The zero-order valence-corrected chi connectivity index (χ0v) is 11.0. The van der Waals surface area contributed by atoms with Crippen molar-refractivity contribution in [2.45, 2.75) is 24.9 Å². The smallest absolute Gasteiger partial charge is 0.255 e. The molecule has 3 fully saturated rings. The highest BCUT2D eigenvalue weighted by atomic mass is 79.9. The van der Waals surface area contributed by atoms with E-state index in [4.69, 9.17) is 0 Å².